The highest BCUT2D eigenvalue weighted by Gasteiger charge is 2.19. The molecule has 0 saturated carbocycles. The predicted octanol–water partition coefficient (Wildman–Crippen LogP) is 3.14. The Kier molecular flexibility index (Phi) is 4.49. The third-order valence-electron chi connectivity index (χ3n) is 2.59. The second-order valence-corrected chi connectivity index (χ2v) is 6.78. The van der Waals surface area contributed by atoms with Gasteiger partial charge in [-0.1, -0.05) is 6.07 Å². The van der Waals surface area contributed by atoms with Gasteiger partial charge >= 0.3 is 0 Å². The first-order valence-electron chi connectivity index (χ1n) is 5.84. The van der Waals surface area contributed by atoms with Crippen molar-refractivity contribution >= 4 is 26.0 Å². The number of benzene rings is 1. The van der Waals surface area contributed by atoms with Crippen molar-refractivity contribution < 1.29 is 17.5 Å². The molecular weight excluding hydrogens is 349 g/mol. The molecule has 0 amide bonds. The highest BCUT2D eigenvalue weighted by molar-refractivity contribution is 9.10. The Labute approximate surface area is 125 Å². The Morgan fingerprint density at radius 3 is 2.70 bits per heavy atom. The van der Waals surface area contributed by atoms with E-state index in [1.807, 2.05) is 0 Å². The van der Waals surface area contributed by atoms with Crippen molar-refractivity contribution in [3.63, 3.8) is 0 Å². The minimum absolute atomic E-state index is 0.0881. The molecule has 1 aromatic carbocycles. The maximum absolute atomic E-state index is 12.5. The largest absolute Gasteiger partial charge is 0.491 e. The normalized spacial score (nSPS) is 11.6. The van der Waals surface area contributed by atoms with E-state index < -0.39 is 16.7 Å². The monoisotopic (exact) mass is 361 g/mol. The number of nitrogens with zero attached hydrogens (tertiary/aromatic N) is 1. The number of halogens is 2. The van der Waals surface area contributed by atoms with E-state index in [2.05, 4.69) is 15.9 Å². The predicted molar refractivity (Wildman–Crippen MR) is 77.4 cm³/mol. The molecule has 0 N–H and O–H groups in total. The van der Waals surface area contributed by atoms with Gasteiger partial charge in [0.05, 0.1) is 9.50 Å². The fourth-order valence-corrected chi connectivity index (χ4v) is 4.08. The van der Waals surface area contributed by atoms with Crippen molar-refractivity contribution in [1.29, 1.82) is 0 Å². The van der Waals surface area contributed by atoms with Crippen LogP contribution in [0.4, 0.5) is 4.39 Å². The molecule has 108 valence electrons. The molecule has 0 atom stereocenters. The molecule has 0 spiro atoms. The lowest BCUT2D eigenvalue weighted by molar-refractivity contribution is 0.272. The summed E-state index contributed by atoms with van der Waals surface area (Å²) in [6.45, 7) is 1.08. The molecule has 0 aliphatic rings. The van der Waals surface area contributed by atoms with Crippen molar-refractivity contribution in [3.8, 4) is 5.75 Å². The Bertz CT molecular complexity index is 712. The van der Waals surface area contributed by atoms with Gasteiger partial charge < -0.3 is 4.74 Å². The van der Waals surface area contributed by atoms with Crippen LogP contribution in [0.3, 0.4) is 0 Å². The highest BCUT2D eigenvalue weighted by Crippen LogP contribution is 2.24. The summed E-state index contributed by atoms with van der Waals surface area (Å²) in [7, 11) is -3.70. The molecule has 0 aliphatic carbocycles. The lowest BCUT2D eigenvalue weighted by Crippen LogP contribution is -2.12. The summed E-state index contributed by atoms with van der Waals surface area (Å²) < 4.78 is 43.8. The van der Waals surface area contributed by atoms with Gasteiger partial charge in [-0.15, -0.1) is 0 Å². The van der Waals surface area contributed by atoms with Crippen molar-refractivity contribution in [3.05, 3.63) is 46.7 Å². The van der Waals surface area contributed by atoms with E-state index in [4.69, 9.17) is 4.74 Å². The van der Waals surface area contributed by atoms with Gasteiger partial charge in [0.25, 0.3) is 10.0 Å². The zero-order chi connectivity index (χ0) is 14.8. The van der Waals surface area contributed by atoms with Gasteiger partial charge in [-0.3, -0.25) is 0 Å². The minimum Gasteiger partial charge on any atom is -0.491 e. The summed E-state index contributed by atoms with van der Waals surface area (Å²) in [5.41, 5.74) is 0.824. The molecular formula is C13H13BrFNO3S. The zero-order valence-electron chi connectivity index (χ0n) is 10.7. The van der Waals surface area contributed by atoms with Crippen LogP contribution in [0.5, 0.6) is 5.75 Å². The molecule has 0 unspecified atom stereocenters. The summed E-state index contributed by atoms with van der Waals surface area (Å²) in [4.78, 5) is 0.0881. The number of ether oxygens (including phenoxy) is 1. The molecule has 7 heteroatoms. The van der Waals surface area contributed by atoms with Crippen LogP contribution in [0.25, 0.3) is 0 Å². The quantitative estimate of drug-likeness (QED) is 0.821. The standard InChI is InChI=1S/C13H13BrFNO3S/c1-10-7-13(14)16(9-10)20(17,18)12-4-2-3-11(8-12)19-6-5-15/h2-4,7-9H,5-6H2,1H3. The van der Waals surface area contributed by atoms with E-state index in [0.717, 1.165) is 9.54 Å². The van der Waals surface area contributed by atoms with E-state index in [1.165, 1.54) is 18.3 Å². The van der Waals surface area contributed by atoms with Crippen LogP contribution in [0, 0.1) is 6.92 Å². The van der Waals surface area contributed by atoms with Crippen LogP contribution >= 0.6 is 15.9 Å². The molecule has 0 bridgehead atoms. The maximum Gasteiger partial charge on any atom is 0.268 e. The molecule has 1 heterocycles. The summed E-state index contributed by atoms with van der Waals surface area (Å²) in [5, 5.41) is 0. The minimum atomic E-state index is -3.70. The van der Waals surface area contributed by atoms with E-state index in [0.29, 0.717) is 10.4 Å². The Morgan fingerprint density at radius 1 is 1.35 bits per heavy atom. The molecule has 0 saturated heterocycles. The van der Waals surface area contributed by atoms with E-state index >= 15 is 0 Å². The number of hydrogen-bond donors (Lipinski definition) is 0. The molecule has 2 rings (SSSR count). The van der Waals surface area contributed by atoms with Crippen LogP contribution in [-0.2, 0) is 10.0 Å². The molecule has 0 fully saturated rings. The van der Waals surface area contributed by atoms with Crippen molar-refractivity contribution in [2.45, 2.75) is 11.8 Å². The lowest BCUT2D eigenvalue weighted by Gasteiger charge is -2.09. The van der Waals surface area contributed by atoms with E-state index in [-0.39, 0.29) is 11.5 Å². The lowest BCUT2D eigenvalue weighted by atomic mass is 10.3. The topological polar surface area (TPSA) is 48.3 Å². The summed E-state index contributed by atoms with van der Waals surface area (Å²) in [5.74, 6) is 0.323. The fourth-order valence-electron chi connectivity index (χ4n) is 1.71. The van der Waals surface area contributed by atoms with Crippen LogP contribution in [0.1, 0.15) is 5.56 Å². The smallest absolute Gasteiger partial charge is 0.268 e. The zero-order valence-corrected chi connectivity index (χ0v) is 13.1. The molecule has 2 aromatic rings. The Morgan fingerprint density at radius 2 is 2.10 bits per heavy atom. The highest BCUT2D eigenvalue weighted by atomic mass is 79.9. The number of aromatic nitrogens is 1. The first kappa shape index (κ1) is 15.1. The SMILES string of the molecule is Cc1cc(Br)n(S(=O)(=O)c2cccc(OCCF)c2)c1. The van der Waals surface area contributed by atoms with Crippen molar-refractivity contribution in [2.24, 2.45) is 0 Å². The van der Waals surface area contributed by atoms with Gasteiger partial charge in [-0.2, -0.15) is 0 Å². The molecule has 4 nitrogen and oxygen atoms in total. The second-order valence-electron chi connectivity index (χ2n) is 4.15. The van der Waals surface area contributed by atoms with Crippen LogP contribution in [0.15, 0.2) is 46.0 Å². The van der Waals surface area contributed by atoms with Gasteiger partial charge in [0.1, 0.15) is 19.0 Å². The first-order valence-corrected chi connectivity index (χ1v) is 8.07. The average molecular weight is 362 g/mol. The second kappa shape index (κ2) is 5.97. The number of rotatable bonds is 5. The van der Waals surface area contributed by atoms with Gasteiger partial charge in [0.2, 0.25) is 0 Å². The summed E-state index contributed by atoms with van der Waals surface area (Å²) >= 11 is 3.21. The van der Waals surface area contributed by atoms with E-state index in [1.54, 1.807) is 25.1 Å². The molecule has 0 radical (unpaired) electrons. The van der Waals surface area contributed by atoms with Gasteiger partial charge in [0.15, 0.2) is 0 Å². The fraction of sp³-hybridized carbons (Fsp3) is 0.231. The average Bonchev–Trinajstić information content (AvgIpc) is 2.76. The molecule has 1 aromatic heterocycles. The first-order chi connectivity index (χ1) is 9.45. The summed E-state index contributed by atoms with van der Waals surface area (Å²) in [6, 6.07) is 7.71. The number of aryl methyl sites for hydroxylation is 1. The van der Waals surface area contributed by atoms with Crippen LogP contribution in [0.2, 0.25) is 0 Å². The Hall–Kier alpha value is -1.34. The van der Waals surface area contributed by atoms with Crippen molar-refractivity contribution in [1.82, 2.24) is 3.97 Å². The number of alkyl halides is 1. The van der Waals surface area contributed by atoms with Crippen LogP contribution in [-0.4, -0.2) is 25.7 Å². The number of hydrogen-bond acceptors (Lipinski definition) is 3. The summed E-state index contributed by atoms with van der Waals surface area (Å²) in [6.07, 6.45) is 1.52. The van der Waals surface area contributed by atoms with Gasteiger partial charge in [0, 0.05) is 12.3 Å². The third kappa shape index (κ3) is 3.04. The van der Waals surface area contributed by atoms with E-state index in [9.17, 15) is 12.8 Å². The molecule has 0 aliphatic heterocycles. The maximum atomic E-state index is 12.5. The third-order valence-corrected chi connectivity index (χ3v) is 5.10. The van der Waals surface area contributed by atoms with Crippen LogP contribution < -0.4 is 4.74 Å². The van der Waals surface area contributed by atoms with Gasteiger partial charge in [-0.25, -0.2) is 16.8 Å². The van der Waals surface area contributed by atoms with Crippen molar-refractivity contribution in [2.75, 3.05) is 13.3 Å². The Balaban J connectivity index is 2.42. The molecule has 20 heavy (non-hydrogen) atoms. The van der Waals surface area contributed by atoms with Gasteiger partial charge in [-0.05, 0) is 46.6 Å².